The number of ether oxygens (including phenoxy) is 1. The topological polar surface area (TPSA) is 44.7 Å². The molecule has 3 rings (SSSR count). The normalized spacial score (nSPS) is 21.4. The van der Waals surface area contributed by atoms with E-state index in [4.69, 9.17) is 4.74 Å². The Morgan fingerprint density at radius 3 is 2.50 bits per heavy atom. The van der Waals surface area contributed by atoms with Crippen LogP contribution in [0.5, 0.6) is 0 Å². The van der Waals surface area contributed by atoms with Gasteiger partial charge in [0.2, 0.25) is 0 Å². The van der Waals surface area contributed by atoms with Gasteiger partial charge in [0, 0.05) is 30.8 Å². The van der Waals surface area contributed by atoms with Crippen molar-refractivity contribution < 1.29 is 9.84 Å². The molecule has 1 atom stereocenters. The molecule has 2 N–H and O–H groups in total. The van der Waals surface area contributed by atoms with E-state index >= 15 is 0 Å². The maximum absolute atomic E-state index is 12.0. The van der Waals surface area contributed by atoms with Crippen LogP contribution in [0.1, 0.15) is 57.6 Å². The lowest BCUT2D eigenvalue weighted by atomic mass is 9.82. The standard InChI is InChI=1S/C26H38N2O2/c1-4-17-27-18-10-11-19-28-21-25(2,3)30-20-16-26(29,22-12-6-5-7-13-22)23-14-8-9-15-24(23)28/h5-9,12-15,27,29H,4,10-11,16-21H2,1-3H3. The second-order valence-electron chi connectivity index (χ2n) is 8.98. The van der Waals surface area contributed by atoms with Crippen molar-refractivity contribution >= 4 is 5.69 Å². The SMILES string of the molecule is CCCNCCCCN1CC(C)(C)OCCC(O)(c2ccccc2)c2ccccc21. The van der Waals surface area contributed by atoms with Gasteiger partial charge in [0.1, 0.15) is 5.60 Å². The van der Waals surface area contributed by atoms with Crippen LogP contribution in [0.4, 0.5) is 5.69 Å². The van der Waals surface area contributed by atoms with Crippen LogP contribution >= 0.6 is 0 Å². The molecule has 0 aromatic heterocycles. The van der Waals surface area contributed by atoms with Crippen molar-refractivity contribution in [1.82, 2.24) is 5.32 Å². The van der Waals surface area contributed by atoms with E-state index in [0.29, 0.717) is 13.0 Å². The Hall–Kier alpha value is -1.88. The first-order valence-electron chi connectivity index (χ1n) is 11.4. The highest BCUT2D eigenvalue weighted by molar-refractivity contribution is 5.59. The van der Waals surface area contributed by atoms with Gasteiger partial charge in [-0.3, -0.25) is 0 Å². The molecule has 1 heterocycles. The molecule has 4 heteroatoms. The lowest BCUT2D eigenvalue weighted by Crippen LogP contribution is -2.41. The summed E-state index contributed by atoms with van der Waals surface area (Å²) >= 11 is 0. The van der Waals surface area contributed by atoms with Gasteiger partial charge in [0.25, 0.3) is 0 Å². The maximum atomic E-state index is 12.0. The summed E-state index contributed by atoms with van der Waals surface area (Å²) in [5.41, 5.74) is 1.66. The largest absolute Gasteiger partial charge is 0.380 e. The van der Waals surface area contributed by atoms with E-state index < -0.39 is 5.60 Å². The van der Waals surface area contributed by atoms with E-state index in [9.17, 15) is 5.11 Å². The molecule has 0 saturated carbocycles. The van der Waals surface area contributed by atoms with Crippen molar-refractivity contribution in [3.8, 4) is 0 Å². The smallest absolute Gasteiger partial charge is 0.119 e. The molecular formula is C26H38N2O2. The number of nitrogens with zero attached hydrogens (tertiary/aromatic N) is 1. The zero-order valence-corrected chi connectivity index (χ0v) is 18.9. The molecule has 0 aliphatic carbocycles. The van der Waals surface area contributed by atoms with Gasteiger partial charge in [-0.25, -0.2) is 0 Å². The van der Waals surface area contributed by atoms with Gasteiger partial charge >= 0.3 is 0 Å². The molecule has 0 bridgehead atoms. The van der Waals surface area contributed by atoms with Crippen LogP contribution < -0.4 is 10.2 Å². The van der Waals surface area contributed by atoms with E-state index in [1.54, 1.807) is 0 Å². The molecule has 164 valence electrons. The summed E-state index contributed by atoms with van der Waals surface area (Å²) in [6.07, 6.45) is 3.95. The number of nitrogens with one attached hydrogen (secondary N) is 1. The van der Waals surface area contributed by atoms with E-state index in [1.807, 2.05) is 36.4 Å². The van der Waals surface area contributed by atoms with Gasteiger partial charge in [-0.2, -0.15) is 0 Å². The number of hydrogen-bond acceptors (Lipinski definition) is 4. The predicted molar refractivity (Wildman–Crippen MR) is 125 cm³/mol. The number of rotatable bonds is 8. The van der Waals surface area contributed by atoms with Crippen LogP contribution in [0.3, 0.4) is 0 Å². The molecule has 0 amide bonds. The van der Waals surface area contributed by atoms with Crippen molar-refractivity contribution in [1.29, 1.82) is 0 Å². The van der Waals surface area contributed by atoms with Gasteiger partial charge in [0.15, 0.2) is 0 Å². The van der Waals surface area contributed by atoms with Crippen molar-refractivity contribution in [2.24, 2.45) is 0 Å². The molecule has 1 aliphatic heterocycles. The lowest BCUT2D eigenvalue weighted by molar-refractivity contribution is -0.0391. The Labute approximate surface area is 182 Å². The fourth-order valence-corrected chi connectivity index (χ4v) is 4.37. The summed E-state index contributed by atoms with van der Waals surface area (Å²) in [6.45, 7) is 10.9. The highest BCUT2D eigenvalue weighted by atomic mass is 16.5. The third-order valence-electron chi connectivity index (χ3n) is 5.93. The Morgan fingerprint density at radius 2 is 1.73 bits per heavy atom. The Morgan fingerprint density at radius 1 is 1.00 bits per heavy atom. The van der Waals surface area contributed by atoms with Crippen molar-refractivity contribution in [3.05, 3.63) is 65.7 Å². The minimum atomic E-state index is -1.07. The van der Waals surface area contributed by atoms with Crippen LogP contribution in [0.15, 0.2) is 54.6 Å². The van der Waals surface area contributed by atoms with Gasteiger partial charge in [-0.1, -0.05) is 55.5 Å². The lowest BCUT2D eigenvalue weighted by Gasteiger charge is -2.35. The summed E-state index contributed by atoms with van der Waals surface area (Å²) in [7, 11) is 0. The van der Waals surface area contributed by atoms with Crippen molar-refractivity contribution in [3.63, 3.8) is 0 Å². The average Bonchev–Trinajstić information content (AvgIpc) is 2.79. The Bertz CT molecular complexity index is 778. The number of anilines is 1. The number of unbranched alkanes of at least 4 members (excludes halogenated alkanes) is 1. The summed E-state index contributed by atoms with van der Waals surface area (Å²) < 4.78 is 6.27. The minimum Gasteiger partial charge on any atom is -0.380 e. The van der Waals surface area contributed by atoms with Crippen LogP contribution in [-0.4, -0.2) is 43.5 Å². The summed E-state index contributed by atoms with van der Waals surface area (Å²) in [5.74, 6) is 0. The molecule has 1 unspecified atom stereocenters. The second-order valence-corrected chi connectivity index (χ2v) is 8.98. The molecule has 0 fully saturated rings. The van der Waals surface area contributed by atoms with E-state index in [0.717, 1.165) is 55.8 Å². The Balaban J connectivity index is 1.91. The highest BCUT2D eigenvalue weighted by Crippen LogP contribution is 2.40. The summed E-state index contributed by atoms with van der Waals surface area (Å²) in [4.78, 5) is 2.41. The van der Waals surface area contributed by atoms with Crippen molar-refractivity contribution in [2.75, 3.05) is 37.7 Å². The minimum absolute atomic E-state index is 0.282. The zero-order chi connectivity index (χ0) is 21.5. The van der Waals surface area contributed by atoms with Gasteiger partial charge < -0.3 is 20.1 Å². The zero-order valence-electron chi connectivity index (χ0n) is 18.9. The molecule has 4 nitrogen and oxygen atoms in total. The highest BCUT2D eigenvalue weighted by Gasteiger charge is 2.37. The predicted octanol–water partition coefficient (Wildman–Crippen LogP) is 4.71. The third kappa shape index (κ3) is 5.63. The number of hydrogen-bond donors (Lipinski definition) is 2. The molecule has 1 aliphatic rings. The molecule has 2 aromatic rings. The average molecular weight is 411 g/mol. The van der Waals surface area contributed by atoms with E-state index in [2.05, 4.69) is 49.2 Å². The van der Waals surface area contributed by atoms with Crippen LogP contribution in [0.2, 0.25) is 0 Å². The fourth-order valence-electron chi connectivity index (χ4n) is 4.37. The van der Waals surface area contributed by atoms with E-state index in [-0.39, 0.29) is 5.60 Å². The van der Waals surface area contributed by atoms with Crippen LogP contribution in [-0.2, 0) is 10.3 Å². The first-order chi connectivity index (χ1) is 14.5. The monoisotopic (exact) mass is 410 g/mol. The van der Waals surface area contributed by atoms with Crippen LogP contribution in [0.25, 0.3) is 0 Å². The van der Waals surface area contributed by atoms with Crippen molar-refractivity contribution in [2.45, 2.75) is 57.7 Å². The third-order valence-corrected chi connectivity index (χ3v) is 5.93. The molecule has 0 radical (unpaired) electrons. The van der Waals surface area contributed by atoms with Gasteiger partial charge in [-0.05, 0) is 57.8 Å². The number of para-hydroxylation sites is 1. The fraction of sp³-hybridized carbons (Fsp3) is 0.538. The Kier molecular flexibility index (Phi) is 7.93. The summed E-state index contributed by atoms with van der Waals surface area (Å²) in [6, 6.07) is 18.4. The first kappa shape index (κ1) is 22.8. The van der Waals surface area contributed by atoms with Crippen LogP contribution in [0, 0.1) is 0 Å². The number of benzene rings is 2. The number of aliphatic hydroxyl groups is 1. The first-order valence-corrected chi connectivity index (χ1v) is 11.4. The van der Waals surface area contributed by atoms with Gasteiger partial charge in [0.05, 0.1) is 12.2 Å². The molecule has 2 aromatic carbocycles. The second kappa shape index (κ2) is 10.4. The number of fused-ring (bicyclic) bond motifs is 1. The van der Waals surface area contributed by atoms with E-state index in [1.165, 1.54) is 6.42 Å². The molecule has 0 saturated heterocycles. The van der Waals surface area contributed by atoms with Gasteiger partial charge in [-0.15, -0.1) is 0 Å². The summed E-state index contributed by atoms with van der Waals surface area (Å²) in [5, 5.41) is 15.5. The quantitative estimate of drug-likeness (QED) is 0.619. The molecule has 0 spiro atoms. The molecular weight excluding hydrogens is 372 g/mol. The maximum Gasteiger partial charge on any atom is 0.119 e. The molecule has 30 heavy (non-hydrogen) atoms.